The van der Waals surface area contributed by atoms with E-state index in [4.69, 9.17) is 5.26 Å². The molecule has 2 atom stereocenters. The SMILES string of the molecule is N#CCN1CC2CCCCC2C1. The molecule has 0 bridgehead atoms. The van der Waals surface area contributed by atoms with Crippen molar-refractivity contribution in [1.29, 1.82) is 5.26 Å². The van der Waals surface area contributed by atoms with Gasteiger partial charge in [0.25, 0.3) is 0 Å². The summed E-state index contributed by atoms with van der Waals surface area (Å²) in [6.07, 6.45) is 5.66. The maximum atomic E-state index is 8.57. The number of nitriles is 1. The summed E-state index contributed by atoms with van der Waals surface area (Å²) in [6.45, 7) is 3.03. The molecule has 2 aliphatic rings. The van der Waals surface area contributed by atoms with Gasteiger partial charge in [0.2, 0.25) is 0 Å². The van der Waals surface area contributed by atoms with Crippen LogP contribution in [-0.4, -0.2) is 24.5 Å². The van der Waals surface area contributed by atoms with E-state index in [2.05, 4.69) is 11.0 Å². The highest BCUT2D eigenvalue weighted by atomic mass is 15.1. The van der Waals surface area contributed by atoms with Crippen molar-refractivity contribution in [2.24, 2.45) is 11.8 Å². The van der Waals surface area contributed by atoms with Crippen LogP contribution in [0.15, 0.2) is 0 Å². The van der Waals surface area contributed by atoms with Crippen LogP contribution in [0.4, 0.5) is 0 Å². The second kappa shape index (κ2) is 3.45. The van der Waals surface area contributed by atoms with Crippen LogP contribution in [0.1, 0.15) is 25.7 Å². The summed E-state index contributed by atoms with van der Waals surface area (Å²) >= 11 is 0. The fraction of sp³-hybridized carbons (Fsp3) is 0.900. The van der Waals surface area contributed by atoms with Crippen molar-refractivity contribution in [2.75, 3.05) is 19.6 Å². The Balaban J connectivity index is 1.90. The minimum absolute atomic E-state index is 0.646. The van der Waals surface area contributed by atoms with Gasteiger partial charge in [0.15, 0.2) is 0 Å². The average molecular weight is 164 g/mol. The highest BCUT2D eigenvalue weighted by Crippen LogP contribution is 2.35. The largest absolute Gasteiger partial charge is 0.290 e. The quantitative estimate of drug-likeness (QED) is 0.551. The number of rotatable bonds is 1. The lowest BCUT2D eigenvalue weighted by Crippen LogP contribution is -2.20. The van der Waals surface area contributed by atoms with E-state index in [1.807, 2.05) is 0 Å². The van der Waals surface area contributed by atoms with Gasteiger partial charge in [-0.25, -0.2) is 0 Å². The molecular weight excluding hydrogens is 148 g/mol. The summed E-state index contributed by atoms with van der Waals surface area (Å²) in [5, 5.41) is 8.57. The summed E-state index contributed by atoms with van der Waals surface area (Å²) in [7, 11) is 0. The predicted molar refractivity (Wildman–Crippen MR) is 47.5 cm³/mol. The molecule has 0 aromatic carbocycles. The van der Waals surface area contributed by atoms with Crippen LogP contribution in [-0.2, 0) is 0 Å². The Morgan fingerprint density at radius 1 is 1.17 bits per heavy atom. The number of fused-ring (bicyclic) bond motifs is 1. The lowest BCUT2D eigenvalue weighted by molar-refractivity contribution is 0.299. The van der Waals surface area contributed by atoms with Crippen molar-refractivity contribution in [3.8, 4) is 6.07 Å². The molecule has 2 unspecified atom stereocenters. The van der Waals surface area contributed by atoms with Gasteiger partial charge in [-0.1, -0.05) is 12.8 Å². The van der Waals surface area contributed by atoms with Crippen LogP contribution in [0.5, 0.6) is 0 Å². The fourth-order valence-corrected chi connectivity index (χ4v) is 2.73. The number of hydrogen-bond donors (Lipinski definition) is 0. The first-order valence-electron chi connectivity index (χ1n) is 4.99. The summed E-state index contributed by atoms with van der Waals surface area (Å²) < 4.78 is 0. The molecule has 1 heterocycles. The van der Waals surface area contributed by atoms with Gasteiger partial charge in [0, 0.05) is 13.1 Å². The molecule has 1 aliphatic carbocycles. The lowest BCUT2D eigenvalue weighted by atomic mass is 9.82. The van der Waals surface area contributed by atoms with E-state index < -0.39 is 0 Å². The van der Waals surface area contributed by atoms with Gasteiger partial charge in [-0.05, 0) is 24.7 Å². The monoisotopic (exact) mass is 164 g/mol. The van der Waals surface area contributed by atoms with Crippen LogP contribution in [0, 0.1) is 23.2 Å². The molecule has 0 spiro atoms. The molecule has 2 nitrogen and oxygen atoms in total. The number of likely N-dealkylation sites (tertiary alicyclic amines) is 1. The molecule has 2 heteroatoms. The normalized spacial score (nSPS) is 35.9. The minimum atomic E-state index is 0.646. The van der Waals surface area contributed by atoms with Gasteiger partial charge in [-0.3, -0.25) is 4.90 Å². The highest BCUT2D eigenvalue weighted by molar-refractivity contribution is 4.90. The average Bonchev–Trinajstić information content (AvgIpc) is 2.47. The van der Waals surface area contributed by atoms with Crippen LogP contribution in [0.25, 0.3) is 0 Å². The molecule has 2 rings (SSSR count). The Labute approximate surface area is 74.2 Å². The first-order valence-corrected chi connectivity index (χ1v) is 4.99. The number of hydrogen-bond acceptors (Lipinski definition) is 2. The number of nitrogens with zero attached hydrogens (tertiary/aromatic N) is 2. The van der Waals surface area contributed by atoms with E-state index >= 15 is 0 Å². The van der Waals surface area contributed by atoms with E-state index in [1.54, 1.807) is 0 Å². The van der Waals surface area contributed by atoms with E-state index in [0.29, 0.717) is 6.54 Å². The summed E-state index contributed by atoms with van der Waals surface area (Å²) in [5.74, 6) is 1.85. The second-order valence-corrected chi connectivity index (χ2v) is 4.16. The van der Waals surface area contributed by atoms with Gasteiger partial charge < -0.3 is 0 Å². The maximum Gasteiger partial charge on any atom is 0.0866 e. The van der Waals surface area contributed by atoms with Crippen LogP contribution < -0.4 is 0 Å². The van der Waals surface area contributed by atoms with Crippen molar-refractivity contribution < 1.29 is 0 Å². The summed E-state index contributed by atoms with van der Waals surface area (Å²) in [5.41, 5.74) is 0. The fourth-order valence-electron chi connectivity index (χ4n) is 2.73. The van der Waals surface area contributed by atoms with E-state index in [1.165, 1.54) is 38.8 Å². The molecule has 2 fully saturated rings. The molecule has 0 N–H and O–H groups in total. The zero-order valence-corrected chi connectivity index (χ0v) is 7.50. The van der Waals surface area contributed by atoms with Gasteiger partial charge in [-0.15, -0.1) is 0 Å². The van der Waals surface area contributed by atoms with Crippen molar-refractivity contribution in [3.05, 3.63) is 0 Å². The third-order valence-electron chi connectivity index (χ3n) is 3.35. The maximum absolute atomic E-state index is 8.57. The Kier molecular flexibility index (Phi) is 2.32. The van der Waals surface area contributed by atoms with Crippen molar-refractivity contribution in [3.63, 3.8) is 0 Å². The van der Waals surface area contributed by atoms with Gasteiger partial charge in [-0.2, -0.15) is 5.26 Å². The molecule has 0 amide bonds. The van der Waals surface area contributed by atoms with Gasteiger partial charge >= 0.3 is 0 Å². The highest BCUT2D eigenvalue weighted by Gasteiger charge is 2.33. The molecule has 0 aromatic rings. The molecule has 0 radical (unpaired) electrons. The second-order valence-electron chi connectivity index (χ2n) is 4.16. The molecule has 1 saturated heterocycles. The first-order chi connectivity index (χ1) is 5.90. The van der Waals surface area contributed by atoms with Crippen LogP contribution in [0.3, 0.4) is 0 Å². The molecular formula is C10H16N2. The summed E-state index contributed by atoms with van der Waals surface area (Å²) in [4.78, 5) is 2.32. The van der Waals surface area contributed by atoms with Crippen LogP contribution in [0.2, 0.25) is 0 Å². The van der Waals surface area contributed by atoms with Gasteiger partial charge in [0.1, 0.15) is 0 Å². The summed E-state index contributed by atoms with van der Waals surface area (Å²) in [6, 6.07) is 2.25. The van der Waals surface area contributed by atoms with Crippen molar-refractivity contribution in [1.82, 2.24) is 4.90 Å². The standard InChI is InChI=1S/C10H16N2/c11-5-6-12-7-9-3-1-2-4-10(9)8-12/h9-10H,1-4,6-8H2. The molecule has 1 aliphatic heterocycles. The zero-order valence-electron chi connectivity index (χ0n) is 7.50. The van der Waals surface area contributed by atoms with Crippen molar-refractivity contribution >= 4 is 0 Å². The van der Waals surface area contributed by atoms with E-state index in [9.17, 15) is 0 Å². The molecule has 66 valence electrons. The minimum Gasteiger partial charge on any atom is -0.290 e. The Morgan fingerprint density at radius 3 is 2.25 bits per heavy atom. The molecule has 0 aromatic heterocycles. The third-order valence-corrected chi connectivity index (χ3v) is 3.35. The zero-order chi connectivity index (χ0) is 8.39. The van der Waals surface area contributed by atoms with Gasteiger partial charge in [0.05, 0.1) is 12.6 Å². The molecule has 1 saturated carbocycles. The smallest absolute Gasteiger partial charge is 0.0866 e. The Bertz CT molecular complexity index is 181. The van der Waals surface area contributed by atoms with Crippen molar-refractivity contribution in [2.45, 2.75) is 25.7 Å². The van der Waals surface area contributed by atoms with Crippen LogP contribution >= 0.6 is 0 Å². The van der Waals surface area contributed by atoms with E-state index in [0.717, 1.165) is 11.8 Å². The molecule has 12 heavy (non-hydrogen) atoms. The Hall–Kier alpha value is -0.550. The first kappa shape index (κ1) is 8.07. The topological polar surface area (TPSA) is 27.0 Å². The predicted octanol–water partition coefficient (Wildman–Crippen LogP) is 1.63. The lowest BCUT2D eigenvalue weighted by Gasteiger charge is -2.23. The van der Waals surface area contributed by atoms with E-state index in [-0.39, 0.29) is 0 Å². The Morgan fingerprint density at radius 2 is 1.75 bits per heavy atom. The third kappa shape index (κ3) is 1.47.